The average Bonchev–Trinajstić information content (AvgIpc) is 3.08. The van der Waals surface area contributed by atoms with Gasteiger partial charge in [0, 0.05) is 31.0 Å². The average molecular weight is 458 g/mol. The summed E-state index contributed by atoms with van der Waals surface area (Å²) in [6.45, 7) is 5.21. The maximum Gasteiger partial charge on any atom is 0.328 e. The topological polar surface area (TPSA) is 104 Å². The maximum atomic E-state index is 13.5. The normalized spacial score (nSPS) is 17.6. The van der Waals surface area contributed by atoms with Gasteiger partial charge in [-0.2, -0.15) is 0 Å². The summed E-state index contributed by atoms with van der Waals surface area (Å²) in [4.78, 5) is 41.5. The largest absolute Gasteiger partial charge is 0.493 e. The van der Waals surface area contributed by atoms with Crippen LogP contribution in [0.15, 0.2) is 30.5 Å². The predicted octanol–water partition coefficient (Wildman–Crippen LogP) is 3.32. The van der Waals surface area contributed by atoms with E-state index in [1.807, 2.05) is 13.8 Å². The second-order valence-corrected chi connectivity index (χ2v) is 7.92. The Morgan fingerprint density at radius 2 is 2.03 bits per heavy atom. The molecule has 1 amide bonds. The van der Waals surface area contributed by atoms with Crippen LogP contribution in [0.1, 0.15) is 61.1 Å². The van der Waals surface area contributed by atoms with Gasteiger partial charge < -0.3 is 19.5 Å². The summed E-state index contributed by atoms with van der Waals surface area (Å²) in [5.74, 6) is -2.27. The van der Waals surface area contributed by atoms with Crippen LogP contribution in [-0.4, -0.2) is 42.1 Å². The second kappa shape index (κ2) is 10.4. The number of carbonyl (C=O) groups is 3. The zero-order valence-corrected chi connectivity index (χ0v) is 19.0. The first-order valence-electron chi connectivity index (χ1n) is 10.8. The highest BCUT2D eigenvalue weighted by atomic mass is 19.1. The van der Waals surface area contributed by atoms with E-state index in [0.717, 1.165) is 11.1 Å². The van der Waals surface area contributed by atoms with E-state index in [1.165, 1.54) is 38.4 Å². The number of aromatic nitrogens is 1. The highest BCUT2D eigenvalue weighted by Crippen LogP contribution is 2.35. The maximum absolute atomic E-state index is 13.5. The number of methoxy groups -OCH3 is 1. The number of ether oxygens (including phenoxy) is 3. The molecule has 0 saturated heterocycles. The number of hydrogen-bond acceptors (Lipinski definition) is 7. The van der Waals surface area contributed by atoms with E-state index >= 15 is 0 Å². The van der Waals surface area contributed by atoms with E-state index in [9.17, 15) is 18.8 Å². The Balaban J connectivity index is 1.68. The zero-order valence-electron chi connectivity index (χ0n) is 19.0. The van der Waals surface area contributed by atoms with Crippen LogP contribution >= 0.6 is 0 Å². The van der Waals surface area contributed by atoms with Gasteiger partial charge in [-0.25, -0.2) is 14.2 Å². The van der Waals surface area contributed by atoms with Gasteiger partial charge in [-0.3, -0.25) is 9.59 Å². The molecule has 2 unspecified atom stereocenters. The lowest BCUT2D eigenvalue weighted by Gasteiger charge is -2.20. The van der Waals surface area contributed by atoms with Crippen LogP contribution in [0, 0.1) is 5.82 Å². The lowest BCUT2D eigenvalue weighted by molar-refractivity contribution is -0.151. The molecule has 0 aliphatic heterocycles. The summed E-state index contributed by atoms with van der Waals surface area (Å²) < 4.78 is 29.6. The van der Waals surface area contributed by atoms with E-state index < -0.39 is 30.0 Å². The quantitative estimate of drug-likeness (QED) is 0.605. The van der Waals surface area contributed by atoms with Crippen LogP contribution in [0.5, 0.6) is 11.5 Å². The van der Waals surface area contributed by atoms with Crippen LogP contribution in [0.3, 0.4) is 0 Å². The van der Waals surface area contributed by atoms with Crippen molar-refractivity contribution in [3.63, 3.8) is 0 Å². The van der Waals surface area contributed by atoms with Crippen molar-refractivity contribution in [3.05, 3.63) is 53.1 Å². The second-order valence-electron chi connectivity index (χ2n) is 7.92. The van der Waals surface area contributed by atoms with Crippen LogP contribution in [0.4, 0.5) is 4.39 Å². The molecule has 0 saturated carbocycles. The van der Waals surface area contributed by atoms with Gasteiger partial charge >= 0.3 is 11.9 Å². The Morgan fingerprint density at radius 1 is 1.27 bits per heavy atom. The summed E-state index contributed by atoms with van der Waals surface area (Å²) in [6.07, 6.45) is 2.00. The monoisotopic (exact) mass is 458 g/mol. The molecule has 1 aliphatic carbocycles. The number of rotatable bonds is 8. The Labute approximate surface area is 191 Å². The van der Waals surface area contributed by atoms with Crippen molar-refractivity contribution in [2.75, 3.05) is 7.11 Å². The molecule has 0 spiro atoms. The molecule has 1 aromatic carbocycles. The van der Waals surface area contributed by atoms with Gasteiger partial charge in [0.05, 0.1) is 7.11 Å². The van der Waals surface area contributed by atoms with E-state index in [-0.39, 0.29) is 35.3 Å². The van der Waals surface area contributed by atoms with Crippen molar-refractivity contribution in [2.24, 2.45) is 0 Å². The lowest BCUT2D eigenvalue weighted by Crippen LogP contribution is -2.41. The molecule has 176 valence electrons. The highest BCUT2D eigenvalue weighted by Gasteiger charge is 2.34. The molecular weight excluding hydrogens is 431 g/mol. The van der Waals surface area contributed by atoms with Gasteiger partial charge in [0.15, 0.2) is 11.4 Å². The number of benzene rings is 1. The number of nitrogens with one attached hydrogen (secondary N) is 1. The Bertz CT molecular complexity index is 1060. The summed E-state index contributed by atoms with van der Waals surface area (Å²) in [5, 5.41) is 2.53. The smallest absolute Gasteiger partial charge is 0.328 e. The molecule has 1 N–H and O–H groups in total. The zero-order chi connectivity index (χ0) is 24.1. The standard InChI is InChI=1S/C24H27FN2O6/c1-5-6-20(28)33-22-18(31-4)9-10-26-21(22)23(29)27-14(3)24(30)32-19-12-15-11-16(25)7-8-17(15)13(19)2/h7-11,13-14,19H,5-6,12H2,1-4H3,(H,27,29)/t13?,14-,19?/m0/s1. The summed E-state index contributed by atoms with van der Waals surface area (Å²) in [5.41, 5.74) is 1.55. The van der Waals surface area contributed by atoms with Gasteiger partial charge in [0.25, 0.3) is 5.91 Å². The molecule has 2 aromatic rings. The Kier molecular flexibility index (Phi) is 7.63. The predicted molar refractivity (Wildman–Crippen MR) is 117 cm³/mol. The first-order chi connectivity index (χ1) is 15.7. The third-order valence-corrected chi connectivity index (χ3v) is 5.52. The van der Waals surface area contributed by atoms with Crippen molar-refractivity contribution in [1.29, 1.82) is 0 Å². The fraction of sp³-hybridized carbons (Fsp3) is 0.417. The van der Waals surface area contributed by atoms with Gasteiger partial charge in [0.2, 0.25) is 5.75 Å². The molecule has 3 rings (SSSR count). The van der Waals surface area contributed by atoms with E-state index in [1.54, 1.807) is 6.07 Å². The van der Waals surface area contributed by atoms with E-state index in [2.05, 4.69) is 10.3 Å². The number of carbonyl (C=O) groups excluding carboxylic acids is 3. The fourth-order valence-electron chi connectivity index (χ4n) is 3.73. The molecule has 1 aromatic heterocycles. The molecule has 0 fully saturated rings. The van der Waals surface area contributed by atoms with Crippen molar-refractivity contribution >= 4 is 17.8 Å². The number of fused-ring (bicyclic) bond motifs is 1. The van der Waals surface area contributed by atoms with Crippen molar-refractivity contribution in [1.82, 2.24) is 10.3 Å². The molecule has 8 nitrogen and oxygen atoms in total. The van der Waals surface area contributed by atoms with Gasteiger partial charge in [-0.05, 0) is 36.6 Å². The number of nitrogens with zero attached hydrogens (tertiary/aromatic N) is 1. The molecule has 1 heterocycles. The van der Waals surface area contributed by atoms with E-state index in [0.29, 0.717) is 12.8 Å². The van der Waals surface area contributed by atoms with Crippen molar-refractivity contribution in [2.45, 2.75) is 58.1 Å². The fourth-order valence-corrected chi connectivity index (χ4v) is 3.73. The molecular formula is C24H27FN2O6. The molecule has 1 aliphatic rings. The van der Waals surface area contributed by atoms with Gasteiger partial charge in [-0.1, -0.05) is 19.9 Å². The van der Waals surface area contributed by atoms with Gasteiger partial charge in [0.1, 0.15) is 18.0 Å². The SMILES string of the molecule is CCCC(=O)Oc1c(OC)ccnc1C(=O)N[C@@H](C)C(=O)OC1Cc2cc(F)ccc2C1C. The summed E-state index contributed by atoms with van der Waals surface area (Å²) >= 11 is 0. The molecule has 0 bridgehead atoms. The number of esters is 2. The van der Waals surface area contributed by atoms with Crippen LogP contribution in [-0.2, 0) is 20.7 Å². The minimum absolute atomic E-state index is 0.0999. The van der Waals surface area contributed by atoms with Gasteiger partial charge in [-0.15, -0.1) is 0 Å². The third kappa shape index (κ3) is 5.47. The molecule has 33 heavy (non-hydrogen) atoms. The minimum atomic E-state index is -1.00. The first kappa shape index (κ1) is 24.2. The first-order valence-corrected chi connectivity index (χ1v) is 10.8. The number of halogens is 1. The lowest BCUT2D eigenvalue weighted by atomic mass is 10.0. The van der Waals surface area contributed by atoms with Crippen LogP contribution in [0.25, 0.3) is 0 Å². The number of hydrogen-bond donors (Lipinski definition) is 1. The molecule has 0 radical (unpaired) electrons. The highest BCUT2D eigenvalue weighted by molar-refractivity contribution is 5.98. The molecule has 3 atom stereocenters. The number of amides is 1. The number of pyridine rings is 1. The molecule has 9 heteroatoms. The summed E-state index contributed by atoms with van der Waals surface area (Å²) in [7, 11) is 1.38. The van der Waals surface area contributed by atoms with Crippen molar-refractivity contribution in [3.8, 4) is 11.5 Å². The summed E-state index contributed by atoms with van der Waals surface area (Å²) in [6, 6.07) is 4.99. The van der Waals surface area contributed by atoms with Crippen LogP contribution < -0.4 is 14.8 Å². The van der Waals surface area contributed by atoms with E-state index in [4.69, 9.17) is 14.2 Å². The Hall–Kier alpha value is -3.49. The third-order valence-electron chi connectivity index (χ3n) is 5.52. The van der Waals surface area contributed by atoms with Crippen molar-refractivity contribution < 1.29 is 33.0 Å². The minimum Gasteiger partial charge on any atom is -0.493 e. The Morgan fingerprint density at radius 3 is 2.73 bits per heavy atom. The van der Waals surface area contributed by atoms with Crippen LogP contribution in [0.2, 0.25) is 0 Å².